The summed E-state index contributed by atoms with van der Waals surface area (Å²) in [6.45, 7) is 3.80. The molecule has 0 unspecified atom stereocenters. The molecule has 0 atom stereocenters. The Labute approximate surface area is 101 Å². The van der Waals surface area contributed by atoms with Crippen LogP contribution in [0.15, 0.2) is 6.20 Å². The predicted octanol–water partition coefficient (Wildman–Crippen LogP) is 1.98. The Balaban J connectivity index is 1.71. The molecule has 0 aliphatic heterocycles. The van der Waals surface area contributed by atoms with Crippen molar-refractivity contribution >= 4 is 5.91 Å². The number of rotatable bonds is 5. The molecule has 2 aliphatic rings. The van der Waals surface area contributed by atoms with E-state index in [2.05, 4.69) is 10.2 Å². The van der Waals surface area contributed by atoms with Gasteiger partial charge in [-0.3, -0.25) is 9.89 Å². The van der Waals surface area contributed by atoms with Gasteiger partial charge in [-0.25, -0.2) is 0 Å². The van der Waals surface area contributed by atoms with Crippen molar-refractivity contribution < 1.29 is 4.79 Å². The number of nitrogens with zero attached hydrogens (tertiary/aromatic N) is 2. The Bertz CT molecular complexity index is 404. The molecule has 1 amide bonds. The van der Waals surface area contributed by atoms with E-state index in [9.17, 15) is 4.79 Å². The number of nitrogens with one attached hydrogen (secondary N) is 1. The molecule has 1 heterocycles. The Morgan fingerprint density at radius 3 is 2.35 bits per heavy atom. The lowest BCUT2D eigenvalue weighted by Crippen LogP contribution is -2.34. The van der Waals surface area contributed by atoms with Crippen LogP contribution in [0.2, 0.25) is 0 Å². The summed E-state index contributed by atoms with van der Waals surface area (Å²) in [6, 6.07) is 0. The first-order chi connectivity index (χ1) is 8.24. The van der Waals surface area contributed by atoms with E-state index in [-0.39, 0.29) is 5.91 Å². The normalized spacial score (nSPS) is 19.4. The van der Waals surface area contributed by atoms with Gasteiger partial charge in [0.25, 0.3) is 5.91 Å². The van der Waals surface area contributed by atoms with Crippen LogP contribution in [0.5, 0.6) is 0 Å². The molecule has 2 fully saturated rings. The fourth-order valence-electron chi connectivity index (χ4n) is 2.20. The number of aromatic nitrogens is 2. The third kappa shape index (κ3) is 2.51. The highest BCUT2D eigenvalue weighted by Crippen LogP contribution is 2.34. The molecule has 17 heavy (non-hydrogen) atoms. The number of aryl methyl sites for hydroxylation is 1. The third-order valence-electron chi connectivity index (χ3n) is 3.70. The third-order valence-corrected chi connectivity index (χ3v) is 3.70. The van der Waals surface area contributed by atoms with E-state index in [0.29, 0.717) is 0 Å². The van der Waals surface area contributed by atoms with Crippen molar-refractivity contribution in [1.82, 2.24) is 15.1 Å². The van der Waals surface area contributed by atoms with Crippen LogP contribution >= 0.6 is 0 Å². The fourth-order valence-corrected chi connectivity index (χ4v) is 2.20. The van der Waals surface area contributed by atoms with Gasteiger partial charge >= 0.3 is 0 Å². The molecule has 4 heteroatoms. The number of aromatic amines is 1. The number of carbonyl (C=O) groups excluding carboxylic acids is 1. The molecule has 0 aromatic carbocycles. The second-order valence-corrected chi connectivity index (χ2v) is 5.51. The van der Waals surface area contributed by atoms with Crippen molar-refractivity contribution in [3.63, 3.8) is 0 Å². The second kappa shape index (κ2) is 4.17. The van der Waals surface area contributed by atoms with E-state index in [1.807, 2.05) is 11.8 Å². The van der Waals surface area contributed by atoms with Gasteiger partial charge in [0.05, 0.1) is 11.8 Å². The van der Waals surface area contributed by atoms with Crippen LogP contribution in [-0.4, -0.2) is 34.1 Å². The number of hydrogen-bond donors (Lipinski definition) is 1. The molecule has 1 aromatic rings. The SMILES string of the molecule is Cc1[nH]ncc1C(=O)N(CC1CC1)CC1CC1. The highest BCUT2D eigenvalue weighted by atomic mass is 16.2. The minimum Gasteiger partial charge on any atom is -0.338 e. The second-order valence-electron chi connectivity index (χ2n) is 5.51. The molecular weight excluding hydrogens is 214 g/mol. The quantitative estimate of drug-likeness (QED) is 0.845. The van der Waals surface area contributed by atoms with Gasteiger partial charge in [0.2, 0.25) is 0 Å². The number of carbonyl (C=O) groups is 1. The Hall–Kier alpha value is -1.32. The van der Waals surface area contributed by atoms with E-state index in [4.69, 9.17) is 0 Å². The summed E-state index contributed by atoms with van der Waals surface area (Å²) in [5.41, 5.74) is 1.62. The Morgan fingerprint density at radius 2 is 1.94 bits per heavy atom. The zero-order valence-corrected chi connectivity index (χ0v) is 10.3. The zero-order chi connectivity index (χ0) is 11.8. The summed E-state index contributed by atoms with van der Waals surface area (Å²) >= 11 is 0. The topological polar surface area (TPSA) is 49.0 Å². The average Bonchev–Trinajstić information content (AvgIpc) is 3.21. The molecule has 1 N–H and O–H groups in total. The highest BCUT2D eigenvalue weighted by Gasteiger charge is 2.32. The summed E-state index contributed by atoms with van der Waals surface area (Å²) in [4.78, 5) is 14.5. The molecule has 0 radical (unpaired) electrons. The van der Waals surface area contributed by atoms with Crippen molar-refractivity contribution in [2.24, 2.45) is 11.8 Å². The summed E-state index contributed by atoms with van der Waals surface area (Å²) < 4.78 is 0. The lowest BCUT2D eigenvalue weighted by atomic mass is 10.2. The van der Waals surface area contributed by atoms with Gasteiger partial charge in [-0.2, -0.15) is 5.10 Å². The minimum absolute atomic E-state index is 0.162. The van der Waals surface area contributed by atoms with Gasteiger partial charge in [-0.05, 0) is 44.4 Å². The van der Waals surface area contributed by atoms with Gasteiger partial charge in [0, 0.05) is 18.8 Å². The zero-order valence-electron chi connectivity index (χ0n) is 10.3. The lowest BCUT2D eigenvalue weighted by molar-refractivity contribution is 0.0739. The molecule has 3 rings (SSSR count). The predicted molar refractivity (Wildman–Crippen MR) is 64.7 cm³/mol. The van der Waals surface area contributed by atoms with E-state index in [1.54, 1.807) is 6.20 Å². The van der Waals surface area contributed by atoms with Gasteiger partial charge in [-0.15, -0.1) is 0 Å². The van der Waals surface area contributed by atoms with Gasteiger partial charge in [0.1, 0.15) is 0 Å². The molecule has 0 bridgehead atoms. The van der Waals surface area contributed by atoms with E-state index < -0.39 is 0 Å². The smallest absolute Gasteiger partial charge is 0.257 e. The van der Waals surface area contributed by atoms with Crippen molar-refractivity contribution in [2.45, 2.75) is 32.6 Å². The van der Waals surface area contributed by atoms with E-state index >= 15 is 0 Å². The van der Waals surface area contributed by atoms with Crippen molar-refractivity contribution in [3.05, 3.63) is 17.5 Å². The number of hydrogen-bond acceptors (Lipinski definition) is 2. The molecule has 0 saturated heterocycles. The first kappa shape index (κ1) is 10.8. The molecule has 92 valence electrons. The highest BCUT2D eigenvalue weighted by molar-refractivity contribution is 5.95. The summed E-state index contributed by atoms with van der Waals surface area (Å²) in [6.07, 6.45) is 6.82. The van der Waals surface area contributed by atoms with Crippen molar-refractivity contribution in [2.75, 3.05) is 13.1 Å². The molecule has 2 saturated carbocycles. The molecule has 1 aromatic heterocycles. The maximum absolute atomic E-state index is 12.4. The van der Waals surface area contributed by atoms with Crippen LogP contribution in [-0.2, 0) is 0 Å². The molecule has 0 spiro atoms. The Kier molecular flexibility index (Phi) is 2.65. The summed E-state index contributed by atoms with van der Waals surface area (Å²) in [7, 11) is 0. The van der Waals surface area contributed by atoms with Crippen LogP contribution in [0.25, 0.3) is 0 Å². The molecular formula is C13H19N3O. The maximum atomic E-state index is 12.4. The van der Waals surface area contributed by atoms with Gasteiger partial charge in [-0.1, -0.05) is 0 Å². The maximum Gasteiger partial charge on any atom is 0.257 e. The van der Waals surface area contributed by atoms with Crippen LogP contribution in [0.3, 0.4) is 0 Å². The lowest BCUT2D eigenvalue weighted by Gasteiger charge is -2.22. The monoisotopic (exact) mass is 233 g/mol. The summed E-state index contributed by atoms with van der Waals surface area (Å²) in [5, 5.41) is 6.79. The number of amides is 1. The van der Waals surface area contributed by atoms with Crippen LogP contribution in [0, 0.1) is 18.8 Å². The van der Waals surface area contributed by atoms with Crippen molar-refractivity contribution in [3.8, 4) is 0 Å². The van der Waals surface area contributed by atoms with Crippen LogP contribution in [0.4, 0.5) is 0 Å². The first-order valence-corrected chi connectivity index (χ1v) is 6.53. The van der Waals surface area contributed by atoms with Gasteiger partial charge < -0.3 is 4.90 Å². The Morgan fingerprint density at radius 1 is 1.35 bits per heavy atom. The standard InChI is InChI=1S/C13H19N3O/c1-9-12(6-14-15-9)13(17)16(7-10-2-3-10)8-11-4-5-11/h6,10-11H,2-5,7-8H2,1H3,(H,14,15). The largest absolute Gasteiger partial charge is 0.338 e. The van der Waals surface area contributed by atoms with Crippen LogP contribution < -0.4 is 0 Å². The number of H-pyrrole nitrogens is 1. The average molecular weight is 233 g/mol. The van der Waals surface area contributed by atoms with E-state index in [0.717, 1.165) is 36.2 Å². The van der Waals surface area contributed by atoms with Gasteiger partial charge in [0.15, 0.2) is 0 Å². The van der Waals surface area contributed by atoms with E-state index in [1.165, 1.54) is 25.7 Å². The van der Waals surface area contributed by atoms with Crippen LogP contribution in [0.1, 0.15) is 41.7 Å². The van der Waals surface area contributed by atoms with Crippen molar-refractivity contribution in [1.29, 1.82) is 0 Å². The molecule has 4 nitrogen and oxygen atoms in total. The fraction of sp³-hybridized carbons (Fsp3) is 0.692. The minimum atomic E-state index is 0.162. The first-order valence-electron chi connectivity index (χ1n) is 6.53. The summed E-state index contributed by atoms with van der Waals surface area (Å²) in [5.74, 6) is 1.67. The molecule has 2 aliphatic carbocycles.